The summed E-state index contributed by atoms with van der Waals surface area (Å²) in [6.45, 7) is 3.26. The Morgan fingerprint density at radius 3 is 1.57 bits per heavy atom. The quantitative estimate of drug-likeness (QED) is 0.284. The zero-order valence-corrected chi connectivity index (χ0v) is 18.1. The van der Waals surface area contributed by atoms with E-state index in [0.717, 1.165) is 17.8 Å². The molecule has 1 rings (SSSR count). The van der Waals surface area contributed by atoms with Gasteiger partial charge in [0.1, 0.15) is 0 Å². The van der Waals surface area contributed by atoms with Gasteiger partial charge in [-0.3, -0.25) is 0 Å². The first-order valence-electron chi connectivity index (χ1n) is 11.7. The van der Waals surface area contributed by atoms with E-state index in [9.17, 15) is 9.90 Å². The predicted octanol–water partition coefficient (Wildman–Crippen LogP) is 6.26. The van der Waals surface area contributed by atoms with E-state index in [0.29, 0.717) is 0 Å². The first-order chi connectivity index (χ1) is 13.7. The maximum absolute atomic E-state index is 10.6. The van der Waals surface area contributed by atoms with Crippen molar-refractivity contribution in [3.05, 3.63) is 29.8 Å². The summed E-state index contributed by atoms with van der Waals surface area (Å²) < 4.78 is 0. The Labute approximate surface area is 173 Å². The zero-order valence-electron chi connectivity index (χ0n) is 18.1. The van der Waals surface area contributed by atoms with Crippen LogP contribution in [0.1, 0.15) is 109 Å². The molecule has 0 fully saturated rings. The molecule has 1 aromatic carbocycles. The molecule has 0 aliphatic rings. The van der Waals surface area contributed by atoms with Crippen molar-refractivity contribution in [2.75, 3.05) is 11.9 Å². The molecule has 0 saturated carbocycles. The number of benzene rings is 1. The van der Waals surface area contributed by atoms with Gasteiger partial charge >= 0.3 is 0 Å². The monoisotopic (exact) mass is 388 g/mol. The SMILES string of the molecule is CCCCCCCCCCCCCCCCCNc1ccc(CC(=O)[O-])cc1. The van der Waals surface area contributed by atoms with Gasteiger partial charge in [-0.1, -0.05) is 109 Å². The predicted molar refractivity (Wildman–Crippen MR) is 119 cm³/mol. The number of carboxylic acids is 1. The standard InChI is InChI=1S/C25H43NO2/c1-2-3-4-5-6-7-8-9-10-11-12-13-14-15-16-21-26-24-19-17-23(18-20-24)22-25(27)28/h17-20,26H,2-16,21-22H2,1H3,(H,27,28)/p-1. The smallest absolute Gasteiger partial charge is 0.0458 e. The number of hydrogen-bond donors (Lipinski definition) is 1. The molecule has 0 atom stereocenters. The summed E-state index contributed by atoms with van der Waals surface area (Å²) in [4.78, 5) is 10.6. The number of aliphatic carboxylic acids is 1. The van der Waals surface area contributed by atoms with Crippen LogP contribution in [0.3, 0.4) is 0 Å². The Kier molecular flexibility index (Phi) is 15.4. The molecule has 0 aliphatic heterocycles. The van der Waals surface area contributed by atoms with Crippen LogP contribution >= 0.6 is 0 Å². The van der Waals surface area contributed by atoms with Gasteiger partial charge in [-0.25, -0.2) is 0 Å². The summed E-state index contributed by atoms with van der Waals surface area (Å²) in [6, 6.07) is 7.60. The van der Waals surface area contributed by atoms with Gasteiger partial charge in [0.2, 0.25) is 0 Å². The number of unbranched alkanes of at least 4 members (excludes halogenated alkanes) is 14. The van der Waals surface area contributed by atoms with Crippen LogP contribution in [0.15, 0.2) is 24.3 Å². The number of carbonyl (C=O) groups excluding carboxylic acids is 1. The van der Waals surface area contributed by atoms with E-state index in [2.05, 4.69) is 12.2 Å². The summed E-state index contributed by atoms with van der Waals surface area (Å²) in [5, 5.41) is 14.0. The van der Waals surface area contributed by atoms with Crippen LogP contribution in [0.4, 0.5) is 5.69 Å². The van der Waals surface area contributed by atoms with E-state index in [-0.39, 0.29) is 6.42 Å². The zero-order chi connectivity index (χ0) is 20.3. The van der Waals surface area contributed by atoms with Crippen molar-refractivity contribution >= 4 is 11.7 Å². The minimum atomic E-state index is -1.03. The van der Waals surface area contributed by atoms with Crippen molar-refractivity contribution < 1.29 is 9.90 Å². The van der Waals surface area contributed by atoms with Crippen LogP contribution in [0.5, 0.6) is 0 Å². The lowest BCUT2D eigenvalue weighted by Gasteiger charge is -2.08. The largest absolute Gasteiger partial charge is 0.550 e. The molecular weight excluding hydrogens is 346 g/mol. The van der Waals surface area contributed by atoms with Crippen molar-refractivity contribution in [1.82, 2.24) is 0 Å². The Balaban J connectivity index is 1.82. The topological polar surface area (TPSA) is 52.2 Å². The Morgan fingerprint density at radius 2 is 1.14 bits per heavy atom. The summed E-state index contributed by atoms with van der Waals surface area (Å²) in [5.41, 5.74) is 1.85. The minimum absolute atomic E-state index is 0.0146. The summed E-state index contributed by atoms with van der Waals surface area (Å²) in [7, 11) is 0. The average Bonchev–Trinajstić information content (AvgIpc) is 2.68. The highest BCUT2D eigenvalue weighted by Gasteiger charge is 1.97. The van der Waals surface area contributed by atoms with E-state index in [1.165, 1.54) is 96.3 Å². The molecule has 0 spiro atoms. The molecule has 0 aliphatic carbocycles. The molecule has 0 saturated heterocycles. The van der Waals surface area contributed by atoms with Crippen LogP contribution in [0.25, 0.3) is 0 Å². The number of rotatable bonds is 19. The van der Waals surface area contributed by atoms with Gasteiger partial charge in [-0.2, -0.15) is 0 Å². The molecule has 160 valence electrons. The van der Waals surface area contributed by atoms with Gasteiger partial charge in [-0.05, 0) is 24.1 Å². The van der Waals surface area contributed by atoms with Gasteiger partial charge in [-0.15, -0.1) is 0 Å². The van der Waals surface area contributed by atoms with Crippen LogP contribution < -0.4 is 10.4 Å². The lowest BCUT2D eigenvalue weighted by atomic mass is 10.0. The van der Waals surface area contributed by atoms with Gasteiger partial charge in [0.15, 0.2) is 0 Å². The van der Waals surface area contributed by atoms with Gasteiger partial charge in [0.05, 0.1) is 0 Å². The van der Waals surface area contributed by atoms with E-state index in [1.807, 2.05) is 24.3 Å². The second kappa shape index (κ2) is 17.6. The summed E-state index contributed by atoms with van der Waals surface area (Å²) in [5.74, 6) is -1.03. The molecule has 28 heavy (non-hydrogen) atoms. The molecule has 0 radical (unpaired) electrons. The van der Waals surface area contributed by atoms with Crippen molar-refractivity contribution in [2.24, 2.45) is 0 Å². The maximum atomic E-state index is 10.6. The fourth-order valence-corrected chi connectivity index (χ4v) is 3.64. The van der Waals surface area contributed by atoms with Crippen LogP contribution in [0, 0.1) is 0 Å². The van der Waals surface area contributed by atoms with Gasteiger partial charge in [0.25, 0.3) is 0 Å². The summed E-state index contributed by atoms with van der Waals surface area (Å²) in [6.07, 6.45) is 20.8. The highest BCUT2D eigenvalue weighted by Crippen LogP contribution is 2.14. The van der Waals surface area contributed by atoms with Crippen molar-refractivity contribution in [2.45, 2.75) is 110 Å². The molecule has 0 heterocycles. The lowest BCUT2D eigenvalue weighted by molar-refractivity contribution is -0.304. The molecule has 0 amide bonds. The highest BCUT2D eigenvalue weighted by molar-refractivity contribution is 5.68. The Bertz CT molecular complexity index is 484. The molecular formula is C25H42NO2-. The fourth-order valence-electron chi connectivity index (χ4n) is 3.64. The Hall–Kier alpha value is -1.51. The number of carboxylic acid groups (broad SMARTS) is 1. The third kappa shape index (κ3) is 14.5. The number of carbonyl (C=O) groups is 1. The first-order valence-corrected chi connectivity index (χ1v) is 11.7. The molecule has 0 aromatic heterocycles. The molecule has 3 heteroatoms. The minimum Gasteiger partial charge on any atom is -0.550 e. The summed E-state index contributed by atoms with van der Waals surface area (Å²) >= 11 is 0. The molecule has 1 aromatic rings. The third-order valence-electron chi connectivity index (χ3n) is 5.41. The highest BCUT2D eigenvalue weighted by atomic mass is 16.4. The van der Waals surface area contributed by atoms with Crippen LogP contribution in [-0.4, -0.2) is 12.5 Å². The number of anilines is 1. The van der Waals surface area contributed by atoms with E-state index < -0.39 is 5.97 Å². The second-order valence-electron chi connectivity index (χ2n) is 8.12. The van der Waals surface area contributed by atoms with Crippen molar-refractivity contribution in [3.8, 4) is 0 Å². The first kappa shape index (κ1) is 24.5. The fraction of sp³-hybridized carbons (Fsp3) is 0.720. The third-order valence-corrected chi connectivity index (χ3v) is 5.41. The average molecular weight is 389 g/mol. The molecule has 1 N–H and O–H groups in total. The van der Waals surface area contributed by atoms with Crippen molar-refractivity contribution in [3.63, 3.8) is 0 Å². The molecule has 0 bridgehead atoms. The number of hydrogen-bond acceptors (Lipinski definition) is 3. The van der Waals surface area contributed by atoms with Crippen LogP contribution in [-0.2, 0) is 11.2 Å². The van der Waals surface area contributed by atoms with E-state index in [1.54, 1.807) is 0 Å². The van der Waals surface area contributed by atoms with E-state index >= 15 is 0 Å². The van der Waals surface area contributed by atoms with Gasteiger partial charge in [0, 0.05) is 24.6 Å². The second-order valence-corrected chi connectivity index (χ2v) is 8.12. The van der Waals surface area contributed by atoms with E-state index in [4.69, 9.17) is 0 Å². The maximum Gasteiger partial charge on any atom is 0.0458 e. The van der Waals surface area contributed by atoms with Crippen molar-refractivity contribution in [1.29, 1.82) is 0 Å². The van der Waals surface area contributed by atoms with Crippen LogP contribution in [0.2, 0.25) is 0 Å². The number of nitrogens with one attached hydrogen (secondary N) is 1. The molecule has 0 unspecified atom stereocenters. The van der Waals surface area contributed by atoms with Gasteiger partial charge < -0.3 is 15.2 Å². The normalized spacial score (nSPS) is 10.9. The molecule has 3 nitrogen and oxygen atoms in total. The lowest BCUT2D eigenvalue weighted by Crippen LogP contribution is -2.24. The Morgan fingerprint density at radius 1 is 0.714 bits per heavy atom.